The first kappa shape index (κ1) is 14.2. The minimum absolute atomic E-state index is 0.0292. The van der Waals surface area contributed by atoms with Crippen molar-refractivity contribution in [1.82, 2.24) is 0 Å². The van der Waals surface area contributed by atoms with Crippen LogP contribution in [0.1, 0.15) is 31.1 Å². The number of rotatable bonds is 7. The molecule has 0 radical (unpaired) electrons. The summed E-state index contributed by atoms with van der Waals surface area (Å²) in [4.78, 5) is 0. The molecule has 96 valence electrons. The molecule has 0 saturated heterocycles. The molecule has 2 N–H and O–H groups in total. The molecular formula is C14H23NO2. The summed E-state index contributed by atoms with van der Waals surface area (Å²) in [6.07, 6.45) is -0.0599. The molecule has 0 aliphatic carbocycles. The first-order valence-corrected chi connectivity index (χ1v) is 6.16. The Labute approximate surface area is 104 Å². The van der Waals surface area contributed by atoms with Gasteiger partial charge in [-0.1, -0.05) is 29.8 Å². The van der Waals surface area contributed by atoms with E-state index in [-0.39, 0.29) is 12.1 Å². The average molecular weight is 237 g/mol. The lowest BCUT2D eigenvalue weighted by Crippen LogP contribution is -2.28. The van der Waals surface area contributed by atoms with Gasteiger partial charge in [-0.2, -0.15) is 0 Å². The van der Waals surface area contributed by atoms with Crippen molar-refractivity contribution >= 4 is 0 Å². The van der Waals surface area contributed by atoms with Crippen LogP contribution in [0.2, 0.25) is 0 Å². The van der Waals surface area contributed by atoms with E-state index in [2.05, 4.69) is 25.1 Å². The van der Waals surface area contributed by atoms with E-state index in [1.54, 1.807) is 0 Å². The van der Waals surface area contributed by atoms with Crippen LogP contribution in [0.5, 0.6) is 0 Å². The molecule has 0 aromatic heterocycles. The van der Waals surface area contributed by atoms with Crippen molar-refractivity contribution in [1.29, 1.82) is 0 Å². The van der Waals surface area contributed by atoms with Gasteiger partial charge in [-0.25, -0.2) is 0 Å². The summed E-state index contributed by atoms with van der Waals surface area (Å²) in [5, 5.41) is 0. The standard InChI is InChI=1S/C14H23NO2/c1-4-16-8-9-17-14(12(3)15)13-7-5-6-11(2)10-13/h5-7,10,12,14H,4,8-9,15H2,1-3H3. The van der Waals surface area contributed by atoms with Crippen LogP contribution in [0.4, 0.5) is 0 Å². The van der Waals surface area contributed by atoms with Crippen molar-refractivity contribution in [2.24, 2.45) is 5.73 Å². The molecule has 0 fully saturated rings. The first-order chi connectivity index (χ1) is 8.15. The molecule has 3 heteroatoms. The lowest BCUT2D eigenvalue weighted by molar-refractivity contribution is -0.00244. The fourth-order valence-electron chi connectivity index (χ4n) is 1.78. The zero-order valence-corrected chi connectivity index (χ0v) is 11.0. The molecular weight excluding hydrogens is 214 g/mol. The minimum Gasteiger partial charge on any atom is -0.379 e. The van der Waals surface area contributed by atoms with Crippen LogP contribution in [0, 0.1) is 6.92 Å². The third-order valence-electron chi connectivity index (χ3n) is 2.58. The van der Waals surface area contributed by atoms with Crippen LogP contribution < -0.4 is 5.73 Å². The van der Waals surface area contributed by atoms with Gasteiger partial charge >= 0.3 is 0 Å². The van der Waals surface area contributed by atoms with Gasteiger partial charge in [0.2, 0.25) is 0 Å². The van der Waals surface area contributed by atoms with Crippen LogP contribution >= 0.6 is 0 Å². The van der Waals surface area contributed by atoms with Gasteiger partial charge in [0.1, 0.15) is 0 Å². The highest BCUT2D eigenvalue weighted by atomic mass is 16.5. The highest BCUT2D eigenvalue weighted by molar-refractivity contribution is 5.25. The Morgan fingerprint density at radius 1 is 1.29 bits per heavy atom. The third kappa shape index (κ3) is 4.86. The molecule has 0 spiro atoms. The van der Waals surface area contributed by atoms with E-state index in [1.807, 2.05) is 19.9 Å². The molecule has 1 aromatic carbocycles. The Morgan fingerprint density at radius 2 is 2.06 bits per heavy atom. The third-order valence-corrected chi connectivity index (χ3v) is 2.58. The molecule has 0 heterocycles. The van der Waals surface area contributed by atoms with Gasteiger partial charge in [0.25, 0.3) is 0 Å². The molecule has 1 aromatic rings. The van der Waals surface area contributed by atoms with Crippen molar-refractivity contribution in [3.63, 3.8) is 0 Å². The summed E-state index contributed by atoms with van der Waals surface area (Å²) in [5.74, 6) is 0. The Balaban J connectivity index is 2.59. The molecule has 0 bridgehead atoms. The van der Waals surface area contributed by atoms with E-state index in [0.29, 0.717) is 13.2 Å². The second-order valence-electron chi connectivity index (χ2n) is 4.26. The van der Waals surface area contributed by atoms with Gasteiger partial charge in [-0.05, 0) is 26.3 Å². The monoisotopic (exact) mass is 237 g/mol. The predicted octanol–water partition coefficient (Wildman–Crippen LogP) is 2.44. The first-order valence-electron chi connectivity index (χ1n) is 6.16. The molecule has 3 nitrogen and oxygen atoms in total. The molecule has 1 rings (SSSR count). The van der Waals surface area contributed by atoms with Crippen LogP contribution in [-0.4, -0.2) is 25.9 Å². The number of hydrogen-bond acceptors (Lipinski definition) is 3. The van der Waals surface area contributed by atoms with Crippen LogP contribution in [-0.2, 0) is 9.47 Å². The summed E-state index contributed by atoms with van der Waals surface area (Å²) in [6, 6.07) is 8.25. The fourth-order valence-corrected chi connectivity index (χ4v) is 1.78. The maximum absolute atomic E-state index is 5.97. The number of aryl methyl sites for hydroxylation is 1. The molecule has 17 heavy (non-hydrogen) atoms. The molecule has 0 aliphatic heterocycles. The Morgan fingerprint density at radius 3 is 2.65 bits per heavy atom. The van der Waals surface area contributed by atoms with Crippen molar-refractivity contribution < 1.29 is 9.47 Å². The van der Waals surface area contributed by atoms with E-state index in [0.717, 1.165) is 12.2 Å². The summed E-state index contributed by atoms with van der Waals surface area (Å²) in [7, 11) is 0. The second kappa shape index (κ2) is 7.43. The van der Waals surface area contributed by atoms with E-state index >= 15 is 0 Å². The van der Waals surface area contributed by atoms with E-state index < -0.39 is 0 Å². The van der Waals surface area contributed by atoms with Gasteiger partial charge in [-0.3, -0.25) is 0 Å². The molecule has 0 amide bonds. The quantitative estimate of drug-likeness (QED) is 0.741. The highest BCUT2D eigenvalue weighted by Gasteiger charge is 2.16. The normalized spacial score (nSPS) is 14.6. The van der Waals surface area contributed by atoms with E-state index in [1.165, 1.54) is 5.56 Å². The number of hydrogen-bond donors (Lipinski definition) is 1. The van der Waals surface area contributed by atoms with Crippen molar-refractivity contribution in [2.45, 2.75) is 32.9 Å². The second-order valence-corrected chi connectivity index (χ2v) is 4.26. The van der Waals surface area contributed by atoms with Crippen molar-refractivity contribution in [2.75, 3.05) is 19.8 Å². The zero-order valence-electron chi connectivity index (χ0n) is 11.0. The smallest absolute Gasteiger partial charge is 0.0974 e. The summed E-state index contributed by atoms with van der Waals surface area (Å²) in [6.45, 7) is 7.93. The van der Waals surface area contributed by atoms with Crippen LogP contribution in [0.3, 0.4) is 0 Å². The maximum Gasteiger partial charge on any atom is 0.0974 e. The molecule has 2 unspecified atom stereocenters. The summed E-state index contributed by atoms with van der Waals surface area (Å²) in [5.41, 5.74) is 8.33. The number of benzene rings is 1. The highest BCUT2D eigenvalue weighted by Crippen LogP contribution is 2.21. The lowest BCUT2D eigenvalue weighted by Gasteiger charge is -2.22. The Kier molecular flexibility index (Phi) is 6.19. The Hall–Kier alpha value is -0.900. The van der Waals surface area contributed by atoms with Crippen molar-refractivity contribution in [3.8, 4) is 0 Å². The summed E-state index contributed by atoms with van der Waals surface area (Å²) >= 11 is 0. The van der Waals surface area contributed by atoms with Gasteiger partial charge in [-0.15, -0.1) is 0 Å². The Bertz CT molecular complexity index is 326. The van der Waals surface area contributed by atoms with Crippen LogP contribution in [0.15, 0.2) is 24.3 Å². The van der Waals surface area contributed by atoms with Gasteiger partial charge in [0, 0.05) is 12.6 Å². The van der Waals surface area contributed by atoms with E-state index in [9.17, 15) is 0 Å². The maximum atomic E-state index is 5.97. The number of ether oxygens (including phenoxy) is 2. The lowest BCUT2D eigenvalue weighted by atomic mass is 10.0. The molecule has 2 atom stereocenters. The van der Waals surface area contributed by atoms with Gasteiger partial charge < -0.3 is 15.2 Å². The van der Waals surface area contributed by atoms with E-state index in [4.69, 9.17) is 15.2 Å². The summed E-state index contributed by atoms with van der Waals surface area (Å²) < 4.78 is 11.1. The largest absolute Gasteiger partial charge is 0.379 e. The van der Waals surface area contributed by atoms with Gasteiger partial charge in [0.05, 0.1) is 19.3 Å². The van der Waals surface area contributed by atoms with Crippen LogP contribution in [0.25, 0.3) is 0 Å². The van der Waals surface area contributed by atoms with Crippen molar-refractivity contribution in [3.05, 3.63) is 35.4 Å². The molecule has 0 saturated carbocycles. The predicted molar refractivity (Wildman–Crippen MR) is 70.0 cm³/mol. The SMILES string of the molecule is CCOCCOC(c1cccc(C)c1)C(C)N. The number of nitrogens with two attached hydrogens (primary N) is 1. The fraction of sp³-hybridized carbons (Fsp3) is 0.571. The van der Waals surface area contributed by atoms with Gasteiger partial charge in [0.15, 0.2) is 0 Å². The average Bonchev–Trinajstić information content (AvgIpc) is 2.28. The minimum atomic E-state index is -0.0599. The zero-order chi connectivity index (χ0) is 12.7. The topological polar surface area (TPSA) is 44.5 Å². The molecule has 0 aliphatic rings.